The first kappa shape index (κ1) is 9.83. The molecule has 2 aromatic heterocycles. The van der Waals surface area contributed by atoms with Crippen molar-refractivity contribution in [1.29, 1.82) is 0 Å². The molecule has 0 aliphatic heterocycles. The van der Waals surface area contributed by atoms with Gasteiger partial charge in [0, 0.05) is 16.0 Å². The summed E-state index contributed by atoms with van der Waals surface area (Å²) in [6.07, 6.45) is 2.28. The van der Waals surface area contributed by atoms with Crippen molar-refractivity contribution in [3.05, 3.63) is 38.5 Å². The van der Waals surface area contributed by atoms with Crippen LogP contribution in [0.2, 0.25) is 0 Å². The maximum Gasteiger partial charge on any atom is 0.140 e. The molecule has 2 rings (SSSR count). The predicted octanol–water partition coefficient (Wildman–Crippen LogP) is 2.85. The topological polar surface area (TPSA) is 33.1 Å². The molecule has 74 valence electrons. The number of nitrogens with zero attached hydrogens (tertiary/aromatic N) is 1. The average Bonchev–Trinajstić information content (AvgIpc) is 2.88. The zero-order valence-electron chi connectivity index (χ0n) is 7.80. The molecule has 0 bridgehead atoms. The molecule has 0 spiro atoms. The van der Waals surface area contributed by atoms with E-state index in [0.717, 1.165) is 16.3 Å². The summed E-state index contributed by atoms with van der Waals surface area (Å²) in [6, 6.07) is 3.87. The summed E-state index contributed by atoms with van der Waals surface area (Å²) in [5.41, 5.74) is 0. The first-order valence-corrected chi connectivity index (χ1v) is 6.17. The summed E-state index contributed by atoms with van der Waals surface area (Å²) in [6.45, 7) is 2.09. The van der Waals surface area contributed by atoms with Gasteiger partial charge in [-0.15, -0.1) is 22.7 Å². The summed E-state index contributed by atoms with van der Waals surface area (Å²) in [4.78, 5) is 6.40. The van der Waals surface area contributed by atoms with E-state index in [1.807, 2.05) is 23.7 Å². The van der Waals surface area contributed by atoms with Gasteiger partial charge >= 0.3 is 0 Å². The zero-order valence-corrected chi connectivity index (χ0v) is 9.44. The van der Waals surface area contributed by atoms with Crippen LogP contribution in [0, 0.1) is 0 Å². The lowest BCUT2D eigenvalue weighted by Crippen LogP contribution is -1.94. The lowest BCUT2D eigenvalue weighted by atomic mass is 10.3. The largest absolute Gasteiger partial charge is 0.380 e. The smallest absolute Gasteiger partial charge is 0.140 e. The van der Waals surface area contributed by atoms with Gasteiger partial charge in [-0.2, -0.15) is 0 Å². The van der Waals surface area contributed by atoms with E-state index in [2.05, 4.69) is 11.9 Å². The van der Waals surface area contributed by atoms with E-state index >= 15 is 0 Å². The molecule has 1 atom stereocenters. The number of thiophene rings is 1. The van der Waals surface area contributed by atoms with E-state index in [-0.39, 0.29) is 0 Å². The number of hydrogen-bond acceptors (Lipinski definition) is 4. The van der Waals surface area contributed by atoms with E-state index in [4.69, 9.17) is 0 Å². The van der Waals surface area contributed by atoms with Gasteiger partial charge < -0.3 is 5.11 Å². The van der Waals surface area contributed by atoms with E-state index in [1.54, 1.807) is 22.7 Å². The van der Waals surface area contributed by atoms with Crippen molar-refractivity contribution in [1.82, 2.24) is 4.98 Å². The van der Waals surface area contributed by atoms with Gasteiger partial charge in [-0.3, -0.25) is 0 Å². The Labute approximate surface area is 90.9 Å². The molecule has 0 amide bonds. The lowest BCUT2D eigenvalue weighted by molar-refractivity contribution is 0.223. The second kappa shape index (κ2) is 4.21. The summed E-state index contributed by atoms with van der Waals surface area (Å²) in [5, 5.41) is 12.7. The monoisotopic (exact) mass is 225 g/mol. The molecule has 0 radical (unpaired) electrons. The van der Waals surface area contributed by atoms with Crippen LogP contribution in [0.1, 0.15) is 27.8 Å². The highest BCUT2D eigenvalue weighted by molar-refractivity contribution is 7.12. The summed E-state index contributed by atoms with van der Waals surface area (Å²) in [5.74, 6) is 0. The fourth-order valence-electron chi connectivity index (χ4n) is 1.18. The predicted molar refractivity (Wildman–Crippen MR) is 59.9 cm³/mol. The van der Waals surface area contributed by atoms with Crippen molar-refractivity contribution < 1.29 is 5.11 Å². The number of aliphatic hydroxyl groups excluding tert-OH is 1. The van der Waals surface area contributed by atoms with Crippen molar-refractivity contribution in [3.8, 4) is 0 Å². The van der Waals surface area contributed by atoms with Crippen LogP contribution in [-0.2, 0) is 6.42 Å². The first-order valence-electron chi connectivity index (χ1n) is 4.47. The van der Waals surface area contributed by atoms with E-state index in [0.29, 0.717) is 0 Å². The normalized spacial score (nSPS) is 13.0. The quantitative estimate of drug-likeness (QED) is 0.871. The zero-order chi connectivity index (χ0) is 9.97. The second-order valence-corrected chi connectivity index (χ2v) is 5.06. The van der Waals surface area contributed by atoms with Gasteiger partial charge in [0.2, 0.25) is 0 Å². The van der Waals surface area contributed by atoms with E-state index in [1.165, 1.54) is 4.88 Å². The van der Waals surface area contributed by atoms with Crippen molar-refractivity contribution in [3.63, 3.8) is 0 Å². The SMILES string of the molecule is CCc1cnc(C(O)c2cccs2)s1. The summed E-state index contributed by atoms with van der Waals surface area (Å²) in [7, 11) is 0. The molecule has 4 heteroatoms. The molecule has 2 nitrogen and oxygen atoms in total. The number of hydrogen-bond donors (Lipinski definition) is 1. The Bertz CT molecular complexity index is 394. The van der Waals surface area contributed by atoms with Gasteiger partial charge in [-0.05, 0) is 17.9 Å². The Kier molecular flexibility index (Phi) is 2.96. The molecule has 0 saturated carbocycles. The second-order valence-electron chi connectivity index (χ2n) is 2.94. The minimum Gasteiger partial charge on any atom is -0.380 e. The van der Waals surface area contributed by atoms with Crippen molar-refractivity contribution >= 4 is 22.7 Å². The molecule has 0 saturated heterocycles. The minimum absolute atomic E-state index is 0.541. The van der Waals surface area contributed by atoms with Gasteiger partial charge in [-0.1, -0.05) is 13.0 Å². The molecule has 0 fully saturated rings. The Hall–Kier alpha value is -0.710. The van der Waals surface area contributed by atoms with Gasteiger partial charge in [-0.25, -0.2) is 4.98 Å². The van der Waals surface area contributed by atoms with Crippen LogP contribution in [0.4, 0.5) is 0 Å². The van der Waals surface area contributed by atoms with Crippen LogP contribution < -0.4 is 0 Å². The van der Waals surface area contributed by atoms with Crippen LogP contribution in [-0.4, -0.2) is 10.1 Å². The highest BCUT2D eigenvalue weighted by atomic mass is 32.1. The third-order valence-corrected chi connectivity index (χ3v) is 4.09. The number of aryl methyl sites for hydroxylation is 1. The Balaban J connectivity index is 2.23. The highest BCUT2D eigenvalue weighted by Gasteiger charge is 2.14. The van der Waals surface area contributed by atoms with Crippen molar-refractivity contribution in [2.45, 2.75) is 19.4 Å². The standard InChI is InChI=1S/C10H11NOS2/c1-2-7-6-11-10(14-7)9(12)8-4-3-5-13-8/h3-6,9,12H,2H2,1H3. The molecular weight excluding hydrogens is 214 g/mol. The van der Waals surface area contributed by atoms with Crippen LogP contribution in [0.5, 0.6) is 0 Å². The third-order valence-electron chi connectivity index (χ3n) is 1.97. The van der Waals surface area contributed by atoms with Crippen molar-refractivity contribution in [2.75, 3.05) is 0 Å². The Morgan fingerprint density at radius 2 is 2.43 bits per heavy atom. The van der Waals surface area contributed by atoms with E-state index in [9.17, 15) is 5.11 Å². The highest BCUT2D eigenvalue weighted by Crippen LogP contribution is 2.28. The molecule has 1 N–H and O–H groups in total. The summed E-state index contributed by atoms with van der Waals surface area (Å²) < 4.78 is 0. The Morgan fingerprint density at radius 1 is 1.57 bits per heavy atom. The van der Waals surface area contributed by atoms with Gasteiger partial charge in [0.25, 0.3) is 0 Å². The molecule has 1 unspecified atom stereocenters. The maximum absolute atomic E-state index is 9.95. The number of thiazole rings is 1. The van der Waals surface area contributed by atoms with Crippen LogP contribution in [0.25, 0.3) is 0 Å². The Morgan fingerprint density at radius 3 is 3.00 bits per heavy atom. The van der Waals surface area contributed by atoms with Gasteiger partial charge in [0.05, 0.1) is 0 Å². The van der Waals surface area contributed by atoms with E-state index < -0.39 is 6.10 Å². The van der Waals surface area contributed by atoms with Crippen molar-refractivity contribution in [2.24, 2.45) is 0 Å². The van der Waals surface area contributed by atoms with Crippen LogP contribution in [0.15, 0.2) is 23.7 Å². The fourth-order valence-corrected chi connectivity index (χ4v) is 2.83. The molecule has 0 aromatic carbocycles. The molecule has 14 heavy (non-hydrogen) atoms. The molecule has 2 aromatic rings. The molecule has 0 aliphatic carbocycles. The minimum atomic E-state index is -0.541. The molecule has 2 heterocycles. The van der Waals surface area contributed by atoms with Crippen LogP contribution in [0.3, 0.4) is 0 Å². The molecule has 0 aliphatic rings. The summed E-state index contributed by atoms with van der Waals surface area (Å²) >= 11 is 3.14. The van der Waals surface area contributed by atoms with Gasteiger partial charge in [0.15, 0.2) is 0 Å². The first-order chi connectivity index (χ1) is 6.81. The third kappa shape index (κ3) is 1.87. The fraction of sp³-hybridized carbons (Fsp3) is 0.300. The lowest BCUT2D eigenvalue weighted by Gasteiger charge is -2.02. The van der Waals surface area contributed by atoms with Crippen LogP contribution >= 0.6 is 22.7 Å². The maximum atomic E-state index is 9.95. The van der Waals surface area contributed by atoms with Gasteiger partial charge in [0.1, 0.15) is 11.1 Å². The number of aromatic nitrogens is 1. The average molecular weight is 225 g/mol. The number of aliphatic hydroxyl groups is 1. The molecular formula is C10H11NOS2. The number of rotatable bonds is 3.